The molecule has 2 N–H and O–H groups in total. The van der Waals surface area contributed by atoms with Crippen molar-refractivity contribution in [2.75, 3.05) is 0 Å². The van der Waals surface area contributed by atoms with E-state index in [0.717, 1.165) is 12.5 Å². The van der Waals surface area contributed by atoms with E-state index in [1.165, 1.54) is 6.07 Å². The third-order valence-electron chi connectivity index (χ3n) is 2.79. The minimum absolute atomic E-state index is 0.277. The van der Waals surface area contributed by atoms with Crippen LogP contribution in [0, 0.1) is 5.92 Å². The zero-order chi connectivity index (χ0) is 13.9. The van der Waals surface area contributed by atoms with Crippen molar-refractivity contribution in [1.82, 2.24) is 0 Å². The highest BCUT2D eigenvalue weighted by Crippen LogP contribution is 2.38. The molecule has 0 bridgehead atoms. The lowest BCUT2D eigenvalue weighted by molar-refractivity contribution is -0.137. The molecule has 5 heteroatoms. The summed E-state index contributed by atoms with van der Waals surface area (Å²) < 4.78 is 38.0. The average Bonchev–Trinajstić information content (AvgIpc) is 2.24. The van der Waals surface area contributed by atoms with Crippen molar-refractivity contribution >= 4 is 11.6 Å². The lowest BCUT2D eigenvalue weighted by Crippen LogP contribution is -2.14. The van der Waals surface area contributed by atoms with E-state index in [1.807, 2.05) is 13.8 Å². The first-order valence-electron chi connectivity index (χ1n) is 5.84. The lowest BCUT2D eigenvalue weighted by atomic mass is 9.97. The molecule has 0 radical (unpaired) electrons. The largest absolute Gasteiger partial charge is 0.417 e. The van der Waals surface area contributed by atoms with Gasteiger partial charge in [-0.15, -0.1) is 0 Å². The summed E-state index contributed by atoms with van der Waals surface area (Å²) in [5, 5.41) is -0.277. The fraction of sp³-hybridized carbons (Fsp3) is 0.538. The second-order valence-electron chi connectivity index (χ2n) is 4.78. The molecule has 18 heavy (non-hydrogen) atoms. The Hall–Kier alpha value is -0.740. The molecule has 1 nitrogen and oxygen atoms in total. The van der Waals surface area contributed by atoms with Crippen molar-refractivity contribution in [1.29, 1.82) is 0 Å². The van der Waals surface area contributed by atoms with Crippen LogP contribution in [0.3, 0.4) is 0 Å². The van der Waals surface area contributed by atoms with Crippen molar-refractivity contribution < 1.29 is 13.2 Å². The summed E-state index contributed by atoms with van der Waals surface area (Å²) in [5.41, 5.74) is 5.45. The Bertz CT molecular complexity index is 402. The SMILES string of the molecule is CC(C)CC[C@@H](N)c1cccc(C(F)(F)F)c1Cl. The van der Waals surface area contributed by atoms with Gasteiger partial charge < -0.3 is 5.73 Å². The molecule has 0 saturated heterocycles. The smallest absolute Gasteiger partial charge is 0.324 e. The highest BCUT2D eigenvalue weighted by molar-refractivity contribution is 6.32. The second kappa shape index (κ2) is 5.93. The Morgan fingerprint density at radius 2 is 1.83 bits per heavy atom. The first-order valence-corrected chi connectivity index (χ1v) is 6.22. The van der Waals surface area contributed by atoms with Crippen LogP contribution in [0.5, 0.6) is 0 Å². The summed E-state index contributed by atoms with van der Waals surface area (Å²) in [5.74, 6) is 0.459. The van der Waals surface area contributed by atoms with Gasteiger partial charge in [0.15, 0.2) is 0 Å². The summed E-state index contributed by atoms with van der Waals surface area (Å²) in [6.07, 6.45) is -2.96. The van der Waals surface area contributed by atoms with Crippen molar-refractivity contribution in [3.63, 3.8) is 0 Å². The number of hydrogen-bond acceptors (Lipinski definition) is 1. The van der Waals surface area contributed by atoms with Crippen LogP contribution >= 0.6 is 11.6 Å². The van der Waals surface area contributed by atoms with Crippen LogP contribution in [0.2, 0.25) is 5.02 Å². The molecule has 1 aromatic rings. The van der Waals surface area contributed by atoms with Gasteiger partial charge in [-0.3, -0.25) is 0 Å². The number of benzene rings is 1. The Morgan fingerprint density at radius 3 is 2.33 bits per heavy atom. The summed E-state index contributed by atoms with van der Waals surface area (Å²) in [7, 11) is 0. The van der Waals surface area contributed by atoms with Crippen LogP contribution in [0.1, 0.15) is 43.9 Å². The number of nitrogens with two attached hydrogens (primary N) is 1. The summed E-state index contributed by atoms with van der Waals surface area (Å²) in [4.78, 5) is 0. The molecule has 0 unspecified atom stereocenters. The molecule has 0 aliphatic rings. The maximum atomic E-state index is 12.7. The van der Waals surface area contributed by atoms with Crippen LogP contribution in [-0.4, -0.2) is 0 Å². The van der Waals surface area contributed by atoms with E-state index in [-0.39, 0.29) is 5.02 Å². The molecule has 1 aromatic carbocycles. The molecule has 0 spiro atoms. The third-order valence-corrected chi connectivity index (χ3v) is 3.21. The van der Waals surface area contributed by atoms with E-state index in [2.05, 4.69) is 0 Å². The maximum absolute atomic E-state index is 12.7. The Labute approximate surface area is 110 Å². The Balaban J connectivity index is 2.96. The minimum Gasteiger partial charge on any atom is -0.324 e. The Morgan fingerprint density at radius 1 is 1.22 bits per heavy atom. The van der Waals surface area contributed by atoms with Gasteiger partial charge in [-0.1, -0.05) is 37.6 Å². The van der Waals surface area contributed by atoms with E-state index in [1.54, 1.807) is 6.07 Å². The van der Waals surface area contributed by atoms with Gasteiger partial charge >= 0.3 is 6.18 Å². The van der Waals surface area contributed by atoms with Gasteiger partial charge in [0, 0.05) is 6.04 Å². The topological polar surface area (TPSA) is 26.0 Å². The van der Waals surface area contributed by atoms with Crippen LogP contribution in [0.25, 0.3) is 0 Å². The van der Waals surface area contributed by atoms with Gasteiger partial charge in [0.25, 0.3) is 0 Å². The Kier molecular flexibility index (Phi) is 5.05. The van der Waals surface area contributed by atoms with Gasteiger partial charge in [0.2, 0.25) is 0 Å². The summed E-state index contributed by atoms with van der Waals surface area (Å²) >= 11 is 5.80. The average molecular weight is 280 g/mol. The first-order chi connectivity index (χ1) is 8.23. The predicted molar refractivity (Wildman–Crippen MR) is 67.5 cm³/mol. The molecule has 1 atom stereocenters. The van der Waals surface area contributed by atoms with Crippen LogP contribution in [0.4, 0.5) is 13.2 Å². The molecule has 0 aromatic heterocycles. The maximum Gasteiger partial charge on any atom is 0.417 e. The van der Waals surface area contributed by atoms with Crippen LogP contribution in [0.15, 0.2) is 18.2 Å². The van der Waals surface area contributed by atoms with Gasteiger partial charge in [0.1, 0.15) is 0 Å². The second-order valence-corrected chi connectivity index (χ2v) is 5.16. The number of hydrogen-bond donors (Lipinski definition) is 1. The number of alkyl halides is 3. The fourth-order valence-electron chi connectivity index (χ4n) is 1.72. The predicted octanol–water partition coefficient (Wildman–Crippen LogP) is 4.79. The normalized spacial score (nSPS) is 14.0. The summed E-state index contributed by atoms with van der Waals surface area (Å²) in [6.45, 7) is 4.08. The van der Waals surface area contributed by atoms with Crippen molar-refractivity contribution in [2.24, 2.45) is 11.7 Å². The first kappa shape index (κ1) is 15.3. The molecular formula is C13H17ClF3N. The standard InChI is InChI=1S/C13H17ClF3N/c1-8(2)6-7-11(18)9-4-3-5-10(12(9)14)13(15,16)17/h3-5,8,11H,6-7,18H2,1-2H3/t11-/m1/s1. The highest BCUT2D eigenvalue weighted by Gasteiger charge is 2.34. The van der Waals surface area contributed by atoms with Gasteiger partial charge in [-0.05, 0) is 30.4 Å². The lowest BCUT2D eigenvalue weighted by Gasteiger charge is -2.18. The van der Waals surface area contributed by atoms with Crippen molar-refractivity contribution in [3.05, 3.63) is 34.3 Å². The van der Waals surface area contributed by atoms with E-state index in [9.17, 15) is 13.2 Å². The highest BCUT2D eigenvalue weighted by atomic mass is 35.5. The zero-order valence-corrected chi connectivity index (χ0v) is 11.1. The third kappa shape index (κ3) is 3.89. The molecule has 0 fully saturated rings. The van der Waals surface area contributed by atoms with Gasteiger partial charge in [0.05, 0.1) is 10.6 Å². The molecule has 0 amide bonds. The molecule has 0 aliphatic carbocycles. The molecule has 102 valence electrons. The van der Waals surface area contributed by atoms with Gasteiger partial charge in [-0.2, -0.15) is 13.2 Å². The zero-order valence-electron chi connectivity index (χ0n) is 10.4. The van der Waals surface area contributed by atoms with Crippen LogP contribution < -0.4 is 5.73 Å². The summed E-state index contributed by atoms with van der Waals surface area (Å²) in [6, 6.07) is 3.42. The number of rotatable bonds is 4. The van der Waals surface area contributed by atoms with E-state index in [4.69, 9.17) is 17.3 Å². The number of halogens is 4. The van der Waals surface area contributed by atoms with E-state index >= 15 is 0 Å². The molecule has 0 saturated carbocycles. The minimum atomic E-state index is -4.44. The molecular weight excluding hydrogens is 263 g/mol. The molecule has 1 rings (SSSR count). The quantitative estimate of drug-likeness (QED) is 0.842. The molecule has 0 heterocycles. The van der Waals surface area contributed by atoms with Crippen molar-refractivity contribution in [2.45, 2.75) is 38.9 Å². The van der Waals surface area contributed by atoms with Crippen molar-refractivity contribution in [3.8, 4) is 0 Å². The van der Waals surface area contributed by atoms with Crippen LogP contribution in [-0.2, 0) is 6.18 Å². The van der Waals surface area contributed by atoms with Gasteiger partial charge in [-0.25, -0.2) is 0 Å². The van der Waals surface area contributed by atoms with E-state index in [0.29, 0.717) is 17.9 Å². The van der Waals surface area contributed by atoms with E-state index < -0.39 is 17.8 Å². The monoisotopic (exact) mass is 279 g/mol. The fourth-order valence-corrected chi connectivity index (χ4v) is 2.10. The molecule has 0 aliphatic heterocycles.